The molecule has 0 aromatic heterocycles. The standard InChI is InChI=1S/C16H34O3S/c17-13-9-5-1-3-7-11-15-20(19)16-12-8-4-2-6-10-14-18/h17-18H,1-16H2. The maximum absolute atomic E-state index is 11.8. The van der Waals surface area contributed by atoms with Crippen molar-refractivity contribution in [2.75, 3.05) is 24.7 Å². The molecule has 3 nitrogen and oxygen atoms in total. The molecule has 0 heterocycles. The van der Waals surface area contributed by atoms with Crippen LogP contribution in [-0.4, -0.2) is 39.5 Å². The average molecular weight is 307 g/mol. The molecule has 0 aliphatic heterocycles. The van der Waals surface area contributed by atoms with Crippen LogP contribution >= 0.6 is 0 Å². The molecule has 20 heavy (non-hydrogen) atoms. The monoisotopic (exact) mass is 306 g/mol. The van der Waals surface area contributed by atoms with Crippen molar-refractivity contribution in [2.45, 2.75) is 77.0 Å². The van der Waals surface area contributed by atoms with Gasteiger partial charge in [-0.3, -0.25) is 0 Å². The molecule has 122 valence electrons. The average Bonchev–Trinajstić information content (AvgIpc) is 2.45. The van der Waals surface area contributed by atoms with Gasteiger partial charge in [0, 0.05) is 13.2 Å². The van der Waals surface area contributed by atoms with Crippen molar-refractivity contribution in [3.05, 3.63) is 0 Å². The summed E-state index contributed by atoms with van der Waals surface area (Å²) in [5, 5.41) is 17.3. The van der Waals surface area contributed by atoms with Crippen LogP contribution < -0.4 is 0 Å². The molecule has 0 spiro atoms. The van der Waals surface area contributed by atoms with E-state index in [-0.39, 0.29) is 0 Å². The van der Waals surface area contributed by atoms with E-state index in [9.17, 15) is 4.55 Å². The zero-order chi connectivity index (χ0) is 14.9. The first-order chi connectivity index (χ1) is 9.81. The summed E-state index contributed by atoms with van der Waals surface area (Å²) in [6.45, 7) is 0.619. The lowest BCUT2D eigenvalue weighted by atomic mass is 10.1. The van der Waals surface area contributed by atoms with E-state index in [0.29, 0.717) is 13.2 Å². The summed E-state index contributed by atoms with van der Waals surface area (Å²) in [5.41, 5.74) is 0. The van der Waals surface area contributed by atoms with Crippen LogP contribution in [0.2, 0.25) is 0 Å². The maximum Gasteiger partial charge on any atom is 0.105 e. The van der Waals surface area contributed by atoms with E-state index < -0.39 is 11.2 Å². The van der Waals surface area contributed by atoms with Crippen molar-refractivity contribution >= 4 is 11.2 Å². The van der Waals surface area contributed by atoms with Gasteiger partial charge in [-0.05, 0) is 38.5 Å². The Morgan fingerprint density at radius 3 is 1.15 bits per heavy atom. The molecular weight excluding hydrogens is 272 g/mol. The Kier molecular flexibility index (Phi) is 17.5. The fourth-order valence-corrected chi connectivity index (χ4v) is 3.52. The van der Waals surface area contributed by atoms with Crippen molar-refractivity contribution in [1.82, 2.24) is 0 Å². The van der Waals surface area contributed by atoms with E-state index in [1.807, 2.05) is 0 Å². The molecule has 0 radical (unpaired) electrons. The molecule has 4 heteroatoms. The highest BCUT2D eigenvalue weighted by Gasteiger charge is 2.05. The summed E-state index contributed by atoms with van der Waals surface area (Å²) < 4.78 is 11.8. The molecule has 0 saturated carbocycles. The first-order valence-electron chi connectivity index (χ1n) is 8.38. The minimum absolute atomic E-state index is 0.310. The summed E-state index contributed by atoms with van der Waals surface area (Å²) in [7, 11) is 0. The Morgan fingerprint density at radius 2 is 0.800 bits per heavy atom. The number of hydrogen-bond acceptors (Lipinski definition) is 3. The van der Waals surface area contributed by atoms with Crippen LogP contribution in [0.5, 0.6) is 0 Å². The third-order valence-electron chi connectivity index (χ3n) is 3.56. The quantitative estimate of drug-likeness (QED) is 0.339. The Bertz CT molecular complexity index is 161. The summed E-state index contributed by atoms with van der Waals surface area (Å²) in [6.07, 6.45) is 13.4. The molecule has 0 amide bonds. The van der Waals surface area contributed by atoms with Gasteiger partial charge in [0.2, 0.25) is 0 Å². The summed E-state index contributed by atoms with van der Waals surface area (Å²) >= 11 is -0.618. The van der Waals surface area contributed by atoms with Gasteiger partial charge in [0.25, 0.3) is 0 Å². The highest BCUT2D eigenvalue weighted by molar-refractivity contribution is 7.91. The predicted octanol–water partition coefficient (Wildman–Crippen LogP) is 3.40. The number of aliphatic hydroxyl groups excluding tert-OH is 2. The molecule has 0 aliphatic rings. The van der Waals surface area contributed by atoms with Gasteiger partial charge < -0.3 is 14.8 Å². The van der Waals surface area contributed by atoms with Crippen LogP contribution in [0, 0.1) is 0 Å². The SMILES string of the molecule is [O-][S+](CCCCCCCCO)CCCCCCCCO. The van der Waals surface area contributed by atoms with Crippen LogP contribution in [0.15, 0.2) is 0 Å². The molecule has 0 fully saturated rings. The van der Waals surface area contributed by atoms with Crippen LogP contribution in [0.1, 0.15) is 77.0 Å². The third kappa shape index (κ3) is 16.3. The van der Waals surface area contributed by atoms with Gasteiger partial charge in [0.05, 0.1) is 0 Å². The largest absolute Gasteiger partial charge is 0.616 e. The molecule has 0 unspecified atom stereocenters. The van der Waals surface area contributed by atoms with Gasteiger partial charge in [0.1, 0.15) is 11.5 Å². The van der Waals surface area contributed by atoms with Crippen LogP contribution in [-0.2, 0) is 11.2 Å². The molecule has 0 rings (SSSR count). The number of aliphatic hydroxyl groups is 2. The molecule has 0 aliphatic carbocycles. The molecule has 0 bridgehead atoms. The van der Waals surface area contributed by atoms with Crippen LogP contribution in [0.25, 0.3) is 0 Å². The van der Waals surface area contributed by atoms with Gasteiger partial charge in [-0.25, -0.2) is 0 Å². The number of unbranched alkanes of at least 4 members (excludes halogenated alkanes) is 10. The summed E-state index contributed by atoms with van der Waals surface area (Å²) in [4.78, 5) is 0. The lowest BCUT2D eigenvalue weighted by molar-refractivity contribution is 0.282. The normalized spacial score (nSPS) is 11.4. The van der Waals surface area contributed by atoms with Crippen LogP contribution in [0.3, 0.4) is 0 Å². The van der Waals surface area contributed by atoms with Gasteiger partial charge in [-0.1, -0.05) is 49.7 Å². The maximum atomic E-state index is 11.8. The Labute approximate surface area is 128 Å². The third-order valence-corrected chi connectivity index (χ3v) is 5.05. The van der Waals surface area contributed by atoms with E-state index in [4.69, 9.17) is 10.2 Å². The van der Waals surface area contributed by atoms with E-state index in [0.717, 1.165) is 50.0 Å². The molecule has 0 atom stereocenters. The van der Waals surface area contributed by atoms with Crippen molar-refractivity contribution in [3.63, 3.8) is 0 Å². The Balaban J connectivity index is 3.11. The lowest BCUT2D eigenvalue weighted by Crippen LogP contribution is -2.11. The number of hydrogen-bond donors (Lipinski definition) is 2. The Hall–Kier alpha value is 0.230. The fourth-order valence-electron chi connectivity index (χ4n) is 2.27. The fraction of sp³-hybridized carbons (Fsp3) is 1.00. The van der Waals surface area contributed by atoms with Gasteiger partial charge in [0.15, 0.2) is 0 Å². The van der Waals surface area contributed by atoms with E-state index in [1.165, 1.54) is 38.5 Å². The van der Waals surface area contributed by atoms with E-state index in [1.54, 1.807) is 0 Å². The summed E-state index contributed by atoms with van der Waals surface area (Å²) in [5.74, 6) is 1.73. The minimum atomic E-state index is -0.618. The van der Waals surface area contributed by atoms with E-state index >= 15 is 0 Å². The first kappa shape index (κ1) is 20.2. The highest BCUT2D eigenvalue weighted by Crippen LogP contribution is 2.10. The molecule has 0 saturated heterocycles. The molecule has 0 aromatic carbocycles. The smallest absolute Gasteiger partial charge is 0.105 e. The zero-order valence-corrected chi connectivity index (χ0v) is 13.8. The van der Waals surface area contributed by atoms with Gasteiger partial charge in [-0.2, -0.15) is 0 Å². The van der Waals surface area contributed by atoms with Crippen molar-refractivity contribution in [1.29, 1.82) is 0 Å². The second kappa shape index (κ2) is 17.3. The van der Waals surface area contributed by atoms with Gasteiger partial charge in [-0.15, -0.1) is 0 Å². The van der Waals surface area contributed by atoms with Crippen LogP contribution in [0.4, 0.5) is 0 Å². The van der Waals surface area contributed by atoms with E-state index in [2.05, 4.69) is 0 Å². The number of rotatable bonds is 16. The van der Waals surface area contributed by atoms with Gasteiger partial charge >= 0.3 is 0 Å². The second-order valence-corrected chi connectivity index (χ2v) is 7.23. The molecule has 2 N–H and O–H groups in total. The summed E-state index contributed by atoms with van der Waals surface area (Å²) in [6, 6.07) is 0. The zero-order valence-electron chi connectivity index (χ0n) is 13.0. The topological polar surface area (TPSA) is 63.5 Å². The Morgan fingerprint density at radius 1 is 0.500 bits per heavy atom. The van der Waals surface area contributed by atoms with Crippen molar-refractivity contribution in [2.24, 2.45) is 0 Å². The molecule has 0 aromatic rings. The predicted molar refractivity (Wildman–Crippen MR) is 87.5 cm³/mol. The highest BCUT2D eigenvalue weighted by atomic mass is 32.2. The minimum Gasteiger partial charge on any atom is -0.616 e. The molecular formula is C16H34O3S. The lowest BCUT2D eigenvalue weighted by Gasteiger charge is -2.10. The second-order valence-electron chi connectivity index (χ2n) is 5.54. The first-order valence-corrected chi connectivity index (χ1v) is 9.86. The van der Waals surface area contributed by atoms with Crippen molar-refractivity contribution < 1.29 is 14.8 Å². The van der Waals surface area contributed by atoms with Crippen molar-refractivity contribution in [3.8, 4) is 0 Å².